The molecular formula is C15H22N2O. The van der Waals surface area contributed by atoms with Gasteiger partial charge in [0.2, 0.25) is 0 Å². The Morgan fingerprint density at radius 1 is 1.22 bits per heavy atom. The molecule has 0 atom stereocenters. The summed E-state index contributed by atoms with van der Waals surface area (Å²) in [6.07, 6.45) is 1.91. The van der Waals surface area contributed by atoms with Crippen molar-refractivity contribution in [3.8, 4) is 0 Å². The van der Waals surface area contributed by atoms with Crippen molar-refractivity contribution in [2.24, 2.45) is 5.92 Å². The van der Waals surface area contributed by atoms with Crippen LogP contribution >= 0.6 is 0 Å². The monoisotopic (exact) mass is 246 g/mol. The van der Waals surface area contributed by atoms with Gasteiger partial charge < -0.3 is 9.30 Å². The smallest absolute Gasteiger partial charge is 0.0959 e. The second-order valence-corrected chi connectivity index (χ2v) is 5.33. The van der Waals surface area contributed by atoms with Crippen LogP contribution in [0.1, 0.15) is 25.0 Å². The molecule has 3 nitrogen and oxygen atoms in total. The van der Waals surface area contributed by atoms with E-state index in [1.807, 2.05) is 6.33 Å². The molecular weight excluding hydrogens is 224 g/mol. The Kier molecular flexibility index (Phi) is 4.02. The minimum Gasteiger partial charge on any atom is -0.379 e. The van der Waals surface area contributed by atoms with Gasteiger partial charge in [-0.1, -0.05) is 13.8 Å². The fourth-order valence-corrected chi connectivity index (χ4v) is 1.97. The Labute approximate surface area is 109 Å². The van der Waals surface area contributed by atoms with E-state index < -0.39 is 0 Å². The van der Waals surface area contributed by atoms with Crippen LogP contribution in [0.2, 0.25) is 0 Å². The molecule has 0 saturated heterocycles. The molecule has 1 heterocycles. The zero-order chi connectivity index (χ0) is 13.1. The highest BCUT2D eigenvalue weighted by Crippen LogP contribution is 2.18. The average Bonchev–Trinajstić information content (AvgIpc) is 2.68. The number of hydrogen-bond donors (Lipinski definition) is 0. The van der Waals surface area contributed by atoms with Crippen LogP contribution in [0.15, 0.2) is 18.5 Å². The highest BCUT2D eigenvalue weighted by Gasteiger charge is 2.04. The molecule has 0 aliphatic carbocycles. The Bertz CT molecular complexity index is 529. The van der Waals surface area contributed by atoms with Gasteiger partial charge in [0.05, 0.1) is 24.0 Å². The first-order valence-corrected chi connectivity index (χ1v) is 6.57. The molecule has 0 aliphatic rings. The van der Waals surface area contributed by atoms with Crippen LogP contribution in [0, 0.1) is 19.8 Å². The van der Waals surface area contributed by atoms with Crippen molar-refractivity contribution in [2.75, 3.05) is 13.2 Å². The molecule has 0 aliphatic heterocycles. The fourth-order valence-electron chi connectivity index (χ4n) is 1.97. The molecule has 0 N–H and O–H groups in total. The first-order chi connectivity index (χ1) is 8.58. The summed E-state index contributed by atoms with van der Waals surface area (Å²) in [6, 6.07) is 4.36. The van der Waals surface area contributed by atoms with Crippen molar-refractivity contribution < 1.29 is 4.74 Å². The number of hydrogen-bond acceptors (Lipinski definition) is 2. The van der Waals surface area contributed by atoms with Gasteiger partial charge in [0.25, 0.3) is 0 Å². The summed E-state index contributed by atoms with van der Waals surface area (Å²) in [5, 5.41) is 0. The molecule has 3 heteroatoms. The van der Waals surface area contributed by atoms with Gasteiger partial charge in [0, 0.05) is 13.2 Å². The molecule has 0 fully saturated rings. The summed E-state index contributed by atoms with van der Waals surface area (Å²) in [7, 11) is 0. The average molecular weight is 246 g/mol. The van der Waals surface area contributed by atoms with Crippen LogP contribution in [0.3, 0.4) is 0 Å². The lowest BCUT2D eigenvalue weighted by Crippen LogP contribution is -2.08. The predicted octanol–water partition coefficient (Wildman–Crippen LogP) is 3.33. The van der Waals surface area contributed by atoms with E-state index in [9.17, 15) is 0 Å². The largest absolute Gasteiger partial charge is 0.379 e. The maximum atomic E-state index is 5.62. The topological polar surface area (TPSA) is 27.1 Å². The molecule has 18 heavy (non-hydrogen) atoms. The van der Waals surface area contributed by atoms with Crippen molar-refractivity contribution in [1.82, 2.24) is 9.55 Å². The summed E-state index contributed by atoms with van der Waals surface area (Å²) in [5.41, 5.74) is 4.88. The van der Waals surface area contributed by atoms with E-state index in [4.69, 9.17) is 4.74 Å². The molecule has 2 rings (SSSR count). The van der Waals surface area contributed by atoms with Gasteiger partial charge in [-0.05, 0) is 43.0 Å². The highest BCUT2D eigenvalue weighted by molar-refractivity contribution is 5.77. The number of imidazole rings is 1. The number of fused-ring (bicyclic) bond motifs is 1. The van der Waals surface area contributed by atoms with E-state index in [0.717, 1.165) is 25.3 Å². The highest BCUT2D eigenvalue weighted by atomic mass is 16.5. The first kappa shape index (κ1) is 13.1. The maximum absolute atomic E-state index is 5.62. The quantitative estimate of drug-likeness (QED) is 0.757. The molecule has 1 aromatic heterocycles. The fraction of sp³-hybridized carbons (Fsp3) is 0.533. The Morgan fingerprint density at radius 2 is 1.94 bits per heavy atom. The van der Waals surface area contributed by atoms with Gasteiger partial charge in [-0.15, -0.1) is 0 Å². The maximum Gasteiger partial charge on any atom is 0.0959 e. The van der Waals surface area contributed by atoms with Crippen molar-refractivity contribution in [2.45, 2.75) is 34.2 Å². The summed E-state index contributed by atoms with van der Waals surface area (Å²) in [5.74, 6) is 0.592. The van der Waals surface area contributed by atoms with E-state index in [2.05, 4.69) is 49.4 Å². The number of rotatable bonds is 5. The van der Waals surface area contributed by atoms with Gasteiger partial charge in [-0.3, -0.25) is 0 Å². The molecule has 0 saturated carbocycles. The molecule has 0 radical (unpaired) electrons. The Morgan fingerprint density at radius 3 is 2.67 bits per heavy atom. The zero-order valence-electron chi connectivity index (χ0n) is 11.7. The van der Waals surface area contributed by atoms with Gasteiger partial charge in [0.1, 0.15) is 0 Å². The van der Waals surface area contributed by atoms with E-state index in [-0.39, 0.29) is 0 Å². The zero-order valence-corrected chi connectivity index (χ0v) is 11.7. The number of ether oxygens (including phenoxy) is 1. The lowest BCUT2D eigenvalue weighted by molar-refractivity contribution is 0.104. The molecule has 1 aromatic carbocycles. The predicted molar refractivity (Wildman–Crippen MR) is 74.9 cm³/mol. The SMILES string of the molecule is Cc1cc2ncn(CCOCC(C)C)c2cc1C. The third-order valence-corrected chi connectivity index (χ3v) is 3.16. The van der Waals surface area contributed by atoms with Crippen molar-refractivity contribution in [1.29, 1.82) is 0 Å². The minimum atomic E-state index is 0.592. The summed E-state index contributed by atoms with van der Waals surface area (Å²) in [6.45, 7) is 11.0. The van der Waals surface area contributed by atoms with Crippen molar-refractivity contribution in [3.05, 3.63) is 29.6 Å². The van der Waals surface area contributed by atoms with Crippen LogP contribution in [-0.2, 0) is 11.3 Å². The molecule has 0 spiro atoms. The van der Waals surface area contributed by atoms with Gasteiger partial charge in [0.15, 0.2) is 0 Å². The van der Waals surface area contributed by atoms with Crippen LogP contribution in [0.4, 0.5) is 0 Å². The van der Waals surface area contributed by atoms with Crippen molar-refractivity contribution in [3.63, 3.8) is 0 Å². The first-order valence-electron chi connectivity index (χ1n) is 6.57. The van der Waals surface area contributed by atoms with Crippen LogP contribution in [0.25, 0.3) is 11.0 Å². The van der Waals surface area contributed by atoms with Crippen LogP contribution < -0.4 is 0 Å². The minimum absolute atomic E-state index is 0.592. The van der Waals surface area contributed by atoms with E-state index >= 15 is 0 Å². The molecule has 0 bridgehead atoms. The van der Waals surface area contributed by atoms with Gasteiger partial charge in [-0.25, -0.2) is 4.98 Å². The molecule has 98 valence electrons. The number of aromatic nitrogens is 2. The lowest BCUT2D eigenvalue weighted by Gasteiger charge is -2.08. The van der Waals surface area contributed by atoms with Gasteiger partial charge >= 0.3 is 0 Å². The normalized spacial score (nSPS) is 11.6. The van der Waals surface area contributed by atoms with E-state index in [1.54, 1.807) is 0 Å². The summed E-state index contributed by atoms with van der Waals surface area (Å²) < 4.78 is 7.79. The second kappa shape index (κ2) is 5.53. The lowest BCUT2D eigenvalue weighted by atomic mass is 10.1. The van der Waals surface area contributed by atoms with Crippen LogP contribution in [0.5, 0.6) is 0 Å². The Balaban J connectivity index is 2.07. The molecule has 0 amide bonds. The van der Waals surface area contributed by atoms with Gasteiger partial charge in [-0.2, -0.15) is 0 Å². The van der Waals surface area contributed by atoms with Crippen molar-refractivity contribution >= 4 is 11.0 Å². The number of benzene rings is 1. The standard InChI is InChI=1S/C15H22N2O/c1-11(2)9-18-6-5-17-10-16-14-7-12(3)13(4)8-15(14)17/h7-8,10-11H,5-6,9H2,1-4H3. The molecule has 2 aromatic rings. The second-order valence-electron chi connectivity index (χ2n) is 5.33. The van der Waals surface area contributed by atoms with E-state index in [1.165, 1.54) is 16.6 Å². The third-order valence-electron chi connectivity index (χ3n) is 3.16. The Hall–Kier alpha value is -1.35. The van der Waals surface area contributed by atoms with Crippen LogP contribution in [-0.4, -0.2) is 22.8 Å². The van der Waals surface area contributed by atoms with E-state index in [0.29, 0.717) is 5.92 Å². The molecule has 0 unspecified atom stereocenters. The third kappa shape index (κ3) is 2.91. The number of aryl methyl sites for hydroxylation is 2. The number of nitrogens with zero attached hydrogens (tertiary/aromatic N) is 2. The summed E-state index contributed by atoms with van der Waals surface area (Å²) >= 11 is 0. The summed E-state index contributed by atoms with van der Waals surface area (Å²) in [4.78, 5) is 4.44.